The van der Waals surface area contributed by atoms with E-state index in [2.05, 4.69) is 15.4 Å². The van der Waals surface area contributed by atoms with E-state index in [1.165, 1.54) is 23.5 Å². The van der Waals surface area contributed by atoms with Crippen LogP contribution in [0.15, 0.2) is 41.9 Å². The van der Waals surface area contributed by atoms with Crippen molar-refractivity contribution in [1.82, 2.24) is 14.8 Å². The molecule has 3 aromatic rings. The molecule has 0 aliphatic rings. The van der Waals surface area contributed by atoms with Gasteiger partial charge < -0.3 is 5.32 Å². The van der Waals surface area contributed by atoms with Crippen LogP contribution in [0.4, 0.5) is 10.2 Å². The zero-order valence-corrected chi connectivity index (χ0v) is 12.6. The van der Waals surface area contributed by atoms with Crippen molar-refractivity contribution in [3.05, 3.63) is 53.4 Å². The number of halogens is 1. The highest BCUT2D eigenvalue weighted by atomic mass is 32.1. The van der Waals surface area contributed by atoms with Gasteiger partial charge in [-0.1, -0.05) is 12.1 Å². The summed E-state index contributed by atoms with van der Waals surface area (Å²) in [5.74, 6) is 0.0185. The molecule has 22 heavy (non-hydrogen) atoms. The van der Waals surface area contributed by atoms with Crippen molar-refractivity contribution >= 4 is 23.1 Å². The Labute approximate surface area is 130 Å². The molecule has 0 radical (unpaired) electrons. The Morgan fingerprint density at radius 2 is 2.27 bits per heavy atom. The van der Waals surface area contributed by atoms with E-state index in [-0.39, 0.29) is 18.1 Å². The molecular weight excluding hydrogens is 303 g/mol. The van der Waals surface area contributed by atoms with Crippen LogP contribution in [0.5, 0.6) is 0 Å². The number of nitrogens with one attached hydrogen (secondary N) is 1. The summed E-state index contributed by atoms with van der Waals surface area (Å²) < 4.78 is 14.8. The highest BCUT2D eigenvalue weighted by Gasteiger charge is 2.10. The minimum absolute atomic E-state index is 0.155. The van der Waals surface area contributed by atoms with Gasteiger partial charge in [0, 0.05) is 30.3 Å². The number of benzene rings is 1. The van der Waals surface area contributed by atoms with Crippen molar-refractivity contribution in [1.29, 1.82) is 0 Å². The molecule has 0 aliphatic carbocycles. The second-order valence-electron chi connectivity index (χ2n) is 4.75. The first-order chi connectivity index (χ1) is 10.6. The third kappa shape index (κ3) is 3.37. The number of aryl methyl sites for hydroxylation is 1. The molecule has 2 aromatic heterocycles. The minimum atomic E-state index is -0.304. The van der Waals surface area contributed by atoms with Crippen molar-refractivity contribution in [3.8, 4) is 10.6 Å². The molecule has 0 saturated carbocycles. The summed E-state index contributed by atoms with van der Waals surface area (Å²) in [4.78, 5) is 16.3. The molecule has 1 N–H and O–H groups in total. The van der Waals surface area contributed by atoms with E-state index >= 15 is 0 Å². The van der Waals surface area contributed by atoms with Gasteiger partial charge in [-0.05, 0) is 12.1 Å². The second kappa shape index (κ2) is 6.07. The average molecular weight is 316 g/mol. The summed E-state index contributed by atoms with van der Waals surface area (Å²) in [5.41, 5.74) is 1.36. The first-order valence-electron chi connectivity index (χ1n) is 6.60. The van der Waals surface area contributed by atoms with Crippen LogP contribution >= 0.6 is 11.3 Å². The van der Waals surface area contributed by atoms with Crippen LogP contribution < -0.4 is 5.32 Å². The molecule has 1 amide bonds. The molecular formula is C15H13FN4OS. The number of carbonyl (C=O) groups excluding carboxylic acids is 1. The molecule has 0 atom stereocenters. The van der Waals surface area contributed by atoms with Crippen molar-refractivity contribution in [3.63, 3.8) is 0 Å². The van der Waals surface area contributed by atoms with Crippen molar-refractivity contribution in [2.75, 3.05) is 5.32 Å². The Morgan fingerprint density at radius 3 is 3.00 bits per heavy atom. The lowest BCUT2D eigenvalue weighted by Gasteiger charge is -1.99. The van der Waals surface area contributed by atoms with Crippen LogP contribution in [-0.2, 0) is 18.3 Å². The smallest absolute Gasteiger partial charge is 0.231 e. The molecule has 112 valence electrons. The summed E-state index contributed by atoms with van der Waals surface area (Å²) in [5, 5.41) is 9.28. The summed E-state index contributed by atoms with van der Waals surface area (Å²) in [7, 11) is 1.78. The highest BCUT2D eigenvalue weighted by molar-refractivity contribution is 7.13. The number of anilines is 1. The van der Waals surface area contributed by atoms with E-state index in [0.717, 1.165) is 0 Å². The van der Waals surface area contributed by atoms with Gasteiger partial charge >= 0.3 is 0 Å². The lowest BCUT2D eigenvalue weighted by atomic mass is 10.2. The van der Waals surface area contributed by atoms with Gasteiger partial charge in [0.1, 0.15) is 10.8 Å². The Balaban J connectivity index is 1.67. The summed E-state index contributed by atoms with van der Waals surface area (Å²) in [6.07, 6.45) is 1.91. The van der Waals surface area contributed by atoms with Gasteiger partial charge in [0.2, 0.25) is 5.91 Å². The topological polar surface area (TPSA) is 59.8 Å². The van der Waals surface area contributed by atoms with Crippen molar-refractivity contribution in [2.45, 2.75) is 6.42 Å². The van der Waals surface area contributed by atoms with Gasteiger partial charge in [-0.15, -0.1) is 11.3 Å². The van der Waals surface area contributed by atoms with Gasteiger partial charge in [0.15, 0.2) is 5.82 Å². The van der Waals surface area contributed by atoms with Crippen molar-refractivity contribution < 1.29 is 9.18 Å². The van der Waals surface area contributed by atoms with Gasteiger partial charge in [-0.3, -0.25) is 9.48 Å². The molecule has 0 saturated heterocycles. The maximum Gasteiger partial charge on any atom is 0.231 e. The average Bonchev–Trinajstić information content (AvgIpc) is 3.08. The van der Waals surface area contributed by atoms with E-state index in [4.69, 9.17) is 0 Å². The third-order valence-corrected chi connectivity index (χ3v) is 3.89. The normalized spacial score (nSPS) is 10.6. The summed E-state index contributed by atoms with van der Waals surface area (Å²) in [6.45, 7) is 0. The molecule has 3 rings (SSSR count). The van der Waals surface area contributed by atoms with Crippen LogP contribution in [0.1, 0.15) is 5.69 Å². The number of amides is 1. The van der Waals surface area contributed by atoms with Crippen LogP contribution in [0.25, 0.3) is 10.6 Å². The fourth-order valence-electron chi connectivity index (χ4n) is 1.98. The number of hydrogen-bond acceptors (Lipinski definition) is 4. The zero-order chi connectivity index (χ0) is 15.5. The Hall–Kier alpha value is -2.54. The standard InChI is InChI=1S/C15H13FN4OS/c1-20-6-5-13(19-20)18-14(21)8-12-9-22-15(17-12)10-3-2-4-11(16)7-10/h2-7,9H,8H2,1H3,(H,18,19,21). The Morgan fingerprint density at radius 1 is 1.41 bits per heavy atom. The quantitative estimate of drug-likeness (QED) is 0.805. The van der Waals surface area contributed by atoms with Gasteiger partial charge in [-0.25, -0.2) is 9.37 Å². The number of carbonyl (C=O) groups is 1. The predicted octanol–water partition coefficient (Wildman–Crippen LogP) is 2.86. The Kier molecular flexibility index (Phi) is 3.97. The summed E-state index contributed by atoms with van der Waals surface area (Å²) in [6, 6.07) is 7.96. The highest BCUT2D eigenvalue weighted by Crippen LogP contribution is 2.24. The fraction of sp³-hybridized carbons (Fsp3) is 0.133. The molecule has 0 bridgehead atoms. The first kappa shape index (κ1) is 14.4. The van der Waals surface area contributed by atoms with Gasteiger partial charge in [0.25, 0.3) is 0 Å². The number of thiazole rings is 1. The van der Waals surface area contributed by atoms with Crippen LogP contribution in [0, 0.1) is 5.82 Å². The molecule has 2 heterocycles. The van der Waals surface area contributed by atoms with E-state index in [0.29, 0.717) is 22.1 Å². The monoisotopic (exact) mass is 316 g/mol. The van der Waals surface area contributed by atoms with E-state index < -0.39 is 0 Å². The molecule has 0 fully saturated rings. The molecule has 0 unspecified atom stereocenters. The molecule has 5 nitrogen and oxygen atoms in total. The number of hydrogen-bond donors (Lipinski definition) is 1. The minimum Gasteiger partial charge on any atom is -0.309 e. The van der Waals surface area contributed by atoms with Crippen LogP contribution in [-0.4, -0.2) is 20.7 Å². The lowest BCUT2D eigenvalue weighted by Crippen LogP contribution is -2.15. The largest absolute Gasteiger partial charge is 0.309 e. The van der Waals surface area contributed by atoms with Crippen molar-refractivity contribution in [2.24, 2.45) is 7.05 Å². The predicted molar refractivity (Wildman–Crippen MR) is 83.0 cm³/mol. The van der Waals surface area contributed by atoms with Gasteiger partial charge in [-0.2, -0.15) is 5.10 Å². The van der Waals surface area contributed by atoms with E-state index in [9.17, 15) is 9.18 Å². The number of aromatic nitrogens is 3. The Bertz CT molecular complexity index is 811. The van der Waals surface area contributed by atoms with E-state index in [1.807, 2.05) is 0 Å². The second-order valence-corrected chi connectivity index (χ2v) is 5.61. The molecule has 0 spiro atoms. The van der Waals surface area contributed by atoms with E-state index in [1.54, 1.807) is 41.5 Å². The zero-order valence-electron chi connectivity index (χ0n) is 11.8. The maximum absolute atomic E-state index is 13.2. The third-order valence-electron chi connectivity index (χ3n) is 2.95. The number of nitrogens with zero attached hydrogens (tertiary/aromatic N) is 3. The molecule has 7 heteroatoms. The van der Waals surface area contributed by atoms with Crippen LogP contribution in [0.2, 0.25) is 0 Å². The van der Waals surface area contributed by atoms with Crippen LogP contribution in [0.3, 0.4) is 0 Å². The summed E-state index contributed by atoms with van der Waals surface area (Å²) >= 11 is 1.39. The first-order valence-corrected chi connectivity index (χ1v) is 7.48. The maximum atomic E-state index is 13.2. The fourth-order valence-corrected chi connectivity index (χ4v) is 2.79. The molecule has 1 aromatic carbocycles. The SMILES string of the molecule is Cn1ccc(NC(=O)Cc2csc(-c3cccc(F)c3)n2)n1. The lowest BCUT2D eigenvalue weighted by molar-refractivity contribution is -0.115. The van der Waals surface area contributed by atoms with Gasteiger partial charge in [0.05, 0.1) is 12.1 Å². The number of rotatable bonds is 4. The molecule has 0 aliphatic heterocycles.